The van der Waals surface area contributed by atoms with Crippen LogP contribution in [0.15, 0.2) is 24.3 Å². The maximum atomic E-state index is 11.2. The third-order valence-electron chi connectivity index (χ3n) is 6.32. The van der Waals surface area contributed by atoms with Gasteiger partial charge in [-0.1, -0.05) is 56.4 Å². The van der Waals surface area contributed by atoms with Gasteiger partial charge in [-0.25, -0.2) is 0 Å². The first-order valence-electron chi connectivity index (χ1n) is 10.4. The molecule has 2 N–H and O–H groups in total. The number of piperidine rings is 1. The zero-order chi connectivity index (χ0) is 17.5. The first kappa shape index (κ1) is 18.9. The molecule has 0 radical (unpaired) electrons. The molecule has 140 valence electrons. The van der Waals surface area contributed by atoms with Gasteiger partial charge in [0.2, 0.25) is 0 Å². The highest BCUT2D eigenvalue weighted by Crippen LogP contribution is 2.35. The van der Waals surface area contributed by atoms with E-state index in [0.717, 1.165) is 43.0 Å². The third kappa shape index (κ3) is 5.06. The zero-order valence-electron chi connectivity index (χ0n) is 15.6. The number of aliphatic hydroxyl groups excluding tert-OH is 1. The van der Waals surface area contributed by atoms with Crippen molar-refractivity contribution in [2.75, 3.05) is 26.2 Å². The molecule has 1 heterocycles. The fourth-order valence-electron chi connectivity index (χ4n) is 4.78. The summed E-state index contributed by atoms with van der Waals surface area (Å²) in [6.45, 7) is 3.33. The van der Waals surface area contributed by atoms with E-state index in [1.807, 2.05) is 18.2 Å². The van der Waals surface area contributed by atoms with Crippen LogP contribution in [0.5, 0.6) is 0 Å². The third-order valence-corrected chi connectivity index (χ3v) is 6.32. The van der Waals surface area contributed by atoms with Crippen LogP contribution in [0.1, 0.15) is 68.9 Å². The molecule has 1 aliphatic heterocycles. The van der Waals surface area contributed by atoms with E-state index in [1.165, 1.54) is 51.5 Å². The molecule has 2 aliphatic rings. The number of hydrogen-bond donors (Lipinski definition) is 2. The molecule has 3 nitrogen and oxygen atoms in total. The van der Waals surface area contributed by atoms with Crippen molar-refractivity contribution in [2.45, 2.75) is 69.8 Å². The quantitative estimate of drug-likeness (QED) is 0.851. The lowest BCUT2D eigenvalue weighted by Crippen LogP contribution is -2.44. The Bertz CT molecular complexity index is 515. The smallest absolute Gasteiger partial charge is 0.0923 e. The van der Waals surface area contributed by atoms with Gasteiger partial charge in [0.25, 0.3) is 0 Å². The van der Waals surface area contributed by atoms with Crippen molar-refractivity contribution >= 4 is 0 Å². The second-order valence-electron chi connectivity index (χ2n) is 8.17. The molecular formula is C22H35NO2. The number of aliphatic hydroxyl groups is 2. The Hall–Kier alpha value is -0.900. The number of likely N-dealkylation sites (tertiary alicyclic amines) is 1. The van der Waals surface area contributed by atoms with Crippen LogP contribution in [-0.2, 0) is 12.0 Å². The lowest BCUT2D eigenvalue weighted by molar-refractivity contribution is -0.0301. The SMILES string of the molecule is OCCc1ccccc1C1(O)CCN(CC2CCCCCCC2)CC1. The molecule has 3 rings (SSSR count). The van der Waals surface area contributed by atoms with Crippen LogP contribution in [-0.4, -0.2) is 41.4 Å². The van der Waals surface area contributed by atoms with Crippen molar-refractivity contribution in [1.82, 2.24) is 4.90 Å². The summed E-state index contributed by atoms with van der Waals surface area (Å²) >= 11 is 0. The van der Waals surface area contributed by atoms with Gasteiger partial charge in [-0.05, 0) is 49.1 Å². The fourth-order valence-corrected chi connectivity index (χ4v) is 4.78. The molecule has 0 aromatic heterocycles. The average Bonchev–Trinajstić information content (AvgIpc) is 2.60. The standard InChI is InChI=1S/C22H35NO2/c24-17-12-20-10-6-7-11-21(20)22(25)13-15-23(16-14-22)18-19-8-4-2-1-3-5-9-19/h6-7,10-11,19,24-25H,1-5,8-9,12-18H2. The minimum Gasteiger partial charge on any atom is -0.396 e. The monoisotopic (exact) mass is 345 g/mol. The minimum atomic E-state index is -0.719. The molecule has 0 atom stereocenters. The minimum absolute atomic E-state index is 0.140. The van der Waals surface area contributed by atoms with E-state index in [4.69, 9.17) is 0 Å². The topological polar surface area (TPSA) is 43.7 Å². The number of hydrogen-bond acceptors (Lipinski definition) is 3. The summed E-state index contributed by atoms with van der Waals surface area (Å²) in [5.74, 6) is 0.855. The summed E-state index contributed by atoms with van der Waals surface area (Å²) in [4.78, 5) is 2.58. The Morgan fingerprint density at radius 2 is 1.60 bits per heavy atom. The van der Waals surface area contributed by atoms with Gasteiger partial charge in [0, 0.05) is 26.2 Å². The van der Waals surface area contributed by atoms with E-state index in [1.54, 1.807) is 0 Å². The summed E-state index contributed by atoms with van der Waals surface area (Å²) in [6.07, 6.45) is 12.1. The molecule has 25 heavy (non-hydrogen) atoms. The lowest BCUT2D eigenvalue weighted by Gasteiger charge is -2.40. The van der Waals surface area contributed by atoms with Gasteiger partial charge < -0.3 is 15.1 Å². The van der Waals surface area contributed by atoms with Crippen LogP contribution in [0.2, 0.25) is 0 Å². The van der Waals surface area contributed by atoms with Crippen LogP contribution in [0.3, 0.4) is 0 Å². The van der Waals surface area contributed by atoms with Gasteiger partial charge in [0.15, 0.2) is 0 Å². The van der Waals surface area contributed by atoms with Gasteiger partial charge in [-0.2, -0.15) is 0 Å². The molecule has 1 aliphatic carbocycles. The summed E-state index contributed by atoms with van der Waals surface area (Å²) < 4.78 is 0. The van der Waals surface area contributed by atoms with Crippen LogP contribution in [0, 0.1) is 5.92 Å². The van der Waals surface area contributed by atoms with Crippen LogP contribution in [0.25, 0.3) is 0 Å². The Labute approximate surface area is 153 Å². The number of nitrogens with zero attached hydrogens (tertiary/aromatic N) is 1. The molecule has 1 saturated carbocycles. The van der Waals surface area contributed by atoms with Crippen molar-refractivity contribution in [3.63, 3.8) is 0 Å². The van der Waals surface area contributed by atoms with Crippen molar-refractivity contribution in [3.8, 4) is 0 Å². The molecule has 2 fully saturated rings. The zero-order valence-corrected chi connectivity index (χ0v) is 15.6. The summed E-state index contributed by atoms with van der Waals surface area (Å²) in [6, 6.07) is 8.11. The number of benzene rings is 1. The fraction of sp³-hybridized carbons (Fsp3) is 0.727. The summed E-state index contributed by atoms with van der Waals surface area (Å²) in [5.41, 5.74) is 1.42. The predicted molar refractivity (Wildman–Crippen MR) is 103 cm³/mol. The van der Waals surface area contributed by atoms with Crippen molar-refractivity contribution in [2.24, 2.45) is 5.92 Å². The Kier molecular flexibility index (Phi) is 6.92. The second kappa shape index (κ2) is 9.16. The largest absolute Gasteiger partial charge is 0.396 e. The highest BCUT2D eigenvalue weighted by molar-refractivity contribution is 5.33. The van der Waals surface area contributed by atoms with E-state index in [-0.39, 0.29) is 6.61 Å². The van der Waals surface area contributed by atoms with Crippen molar-refractivity contribution in [3.05, 3.63) is 35.4 Å². The Morgan fingerprint density at radius 3 is 2.28 bits per heavy atom. The molecule has 0 unspecified atom stereocenters. The first-order valence-corrected chi connectivity index (χ1v) is 10.4. The van der Waals surface area contributed by atoms with Crippen molar-refractivity contribution in [1.29, 1.82) is 0 Å². The molecular weight excluding hydrogens is 310 g/mol. The van der Waals surface area contributed by atoms with Gasteiger partial charge in [0.1, 0.15) is 0 Å². The number of rotatable bonds is 5. The van der Waals surface area contributed by atoms with Crippen molar-refractivity contribution < 1.29 is 10.2 Å². The second-order valence-corrected chi connectivity index (χ2v) is 8.17. The van der Waals surface area contributed by atoms with Gasteiger partial charge in [0.05, 0.1) is 5.60 Å². The molecule has 0 bridgehead atoms. The van der Waals surface area contributed by atoms with E-state index in [2.05, 4.69) is 11.0 Å². The molecule has 1 aromatic carbocycles. The molecule has 3 heteroatoms. The predicted octanol–water partition coefficient (Wildman–Crippen LogP) is 3.87. The Balaban J connectivity index is 1.57. The molecule has 1 saturated heterocycles. The van der Waals surface area contributed by atoms with E-state index in [9.17, 15) is 10.2 Å². The highest BCUT2D eigenvalue weighted by atomic mass is 16.3. The maximum Gasteiger partial charge on any atom is 0.0923 e. The lowest BCUT2D eigenvalue weighted by atomic mass is 9.81. The van der Waals surface area contributed by atoms with Gasteiger partial charge >= 0.3 is 0 Å². The molecule has 1 aromatic rings. The summed E-state index contributed by atoms with van der Waals surface area (Å²) in [7, 11) is 0. The van der Waals surface area contributed by atoms with E-state index < -0.39 is 5.60 Å². The summed E-state index contributed by atoms with van der Waals surface area (Å²) in [5, 5.41) is 20.6. The van der Waals surface area contributed by atoms with Gasteiger partial charge in [-0.15, -0.1) is 0 Å². The first-order chi connectivity index (χ1) is 12.2. The average molecular weight is 346 g/mol. The molecule has 0 amide bonds. The highest BCUT2D eigenvalue weighted by Gasteiger charge is 2.35. The van der Waals surface area contributed by atoms with E-state index >= 15 is 0 Å². The Morgan fingerprint density at radius 1 is 0.960 bits per heavy atom. The normalized spacial score (nSPS) is 23.1. The van der Waals surface area contributed by atoms with Gasteiger partial charge in [-0.3, -0.25) is 0 Å². The van der Waals surface area contributed by atoms with Crippen LogP contribution in [0.4, 0.5) is 0 Å². The molecule has 0 spiro atoms. The van der Waals surface area contributed by atoms with E-state index in [0.29, 0.717) is 6.42 Å². The van der Waals surface area contributed by atoms with Crippen LogP contribution >= 0.6 is 0 Å². The van der Waals surface area contributed by atoms with Crippen LogP contribution < -0.4 is 0 Å². The maximum absolute atomic E-state index is 11.2.